The van der Waals surface area contributed by atoms with Gasteiger partial charge in [0.2, 0.25) is 0 Å². The fourth-order valence-corrected chi connectivity index (χ4v) is 2.19. The monoisotopic (exact) mass is 302 g/mol. The molecule has 0 aliphatic carbocycles. The molecular formula is C12H12ClFN2O2S. The van der Waals surface area contributed by atoms with Crippen LogP contribution in [0.25, 0.3) is 0 Å². The summed E-state index contributed by atoms with van der Waals surface area (Å²) in [6.45, 7) is 0.979. The zero-order valence-electron chi connectivity index (χ0n) is 9.94. The maximum atomic E-state index is 13.3. The minimum absolute atomic E-state index is 0.130. The highest BCUT2D eigenvalue weighted by molar-refractivity contribution is 7.80. The van der Waals surface area contributed by atoms with Crippen molar-refractivity contribution in [3.05, 3.63) is 34.6 Å². The van der Waals surface area contributed by atoms with Crippen LogP contribution in [0.4, 0.5) is 4.39 Å². The van der Waals surface area contributed by atoms with Crippen LogP contribution < -0.4 is 5.73 Å². The molecule has 1 aromatic rings. The van der Waals surface area contributed by atoms with Crippen molar-refractivity contribution in [2.45, 2.75) is 6.10 Å². The number of hydrogen-bond acceptors (Lipinski definition) is 3. The Morgan fingerprint density at radius 1 is 1.58 bits per heavy atom. The Hall–Kier alpha value is -1.24. The maximum absolute atomic E-state index is 13.3. The number of hydrogen-bond donors (Lipinski definition) is 1. The van der Waals surface area contributed by atoms with Crippen molar-refractivity contribution in [1.82, 2.24) is 4.90 Å². The molecule has 0 saturated carbocycles. The first-order valence-corrected chi connectivity index (χ1v) is 6.43. The first-order chi connectivity index (χ1) is 9.00. The van der Waals surface area contributed by atoms with Gasteiger partial charge in [0, 0.05) is 6.54 Å². The van der Waals surface area contributed by atoms with E-state index in [4.69, 9.17) is 34.3 Å². The van der Waals surface area contributed by atoms with Crippen LogP contribution >= 0.6 is 23.8 Å². The van der Waals surface area contributed by atoms with Crippen LogP contribution in [-0.4, -0.2) is 41.6 Å². The van der Waals surface area contributed by atoms with Gasteiger partial charge in [-0.3, -0.25) is 4.79 Å². The largest absolute Gasteiger partial charge is 0.391 e. The third kappa shape index (κ3) is 3.02. The number of nitrogens with two attached hydrogens (primary N) is 1. The SMILES string of the molecule is NC(=S)C1CN(C(=O)c2cccc(F)c2Cl)CCO1. The molecule has 1 aliphatic heterocycles. The van der Waals surface area contributed by atoms with Gasteiger partial charge in [-0.2, -0.15) is 0 Å². The van der Waals surface area contributed by atoms with Crippen LogP contribution in [0.5, 0.6) is 0 Å². The van der Waals surface area contributed by atoms with E-state index in [1.807, 2.05) is 0 Å². The average Bonchev–Trinajstić information content (AvgIpc) is 2.41. The van der Waals surface area contributed by atoms with Crippen molar-refractivity contribution < 1.29 is 13.9 Å². The molecule has 1 fully saturated rings. The summed E-state index contributed by atoms with van der Waals surface area (Å²) in [5.74, 6) is -0.972. The van der Waals surface area contributed by atoms with Crippen LogP contribution in [0.3, 0.4) is 0 Å². The molecule has 1 heterocycles. The van der Waals surface area contributed by atoms with Gasteiger partial charge in [-0.25, -0.2) is 4.39 Å². The van der Waals surface area contributed by atoms with Crippen molar-refractivity contribution in [3.63, 3.8) is 0 Å². The Morgan fingerprint density at radius 3 is 3.00 bits per heavy atom. The third-order valence-corrected chi connectivity index (χ3v) is 3.50. The fraction of sp³-hybridized carbons (Fsp3) is 0.333. The van der Waals surface area contributed by atoms with E-state index in [-0.39, 0.29) is 28.0 Å². The van der Waals surface area contributed by atoms with Gasteiger partial charge in [-0.15, -0.1) is 0 Å². The first-order valence-electron chi connectivity index (χ1n) is 5.65. The molecule has 2 rings (SSSR count). The molecular weight excluding hydrogens is 291 g/mol. The number of thiocarbonyl (C=S) groups is 1. The number of halogens is 2. The number of carbonyl (C=O) groups is 1. The fourth-order valence-electron chi connectivity index (χ4n) is 1.85. The number of nitrogens with zero attached hydrogens (tertiary/aromatic N) is 1. The van der Waals surface area contributed by atoms with Crippen molar-refractivity contribution in [1.29, 1.82) is 0 Å². The maximum Gasteiger partial charge on any atom is 0.255 e. The normalized spacial score (nSPS) is 19.3. The Labute approximate surface area is 120 Å². The van der Waals surface area contributed by atoms with E-state index >= 15 is 0 Å². The van der Waals surface area contributed by atoms with Crippen molar-refractivity contribution in [2.75, 3.05) is 19.7 Å². The molecule has 4 nitrogen and oxygen atoms in total. The first kappa shape index (κ1) is 14.2. The van der Waals surface area contributed by atoms with Gasteiger partial charge in [-0.05, 0) is 12.1 Å². The van der Waals surface area contributed by atoms with E-state index in [1.165, 1.54) is 23.1 Å². The molecule has 1 unspecified atom stereocenters. The lowest BCUT2D eigenvalue weighted by molar-refractivity contribution is 0.00877. The summed E-state index contributed by atoms with van der Waals surface area (Å²) in [4.78, 5) is 14.0. The summed E-state index contributed by atoms with van der Waals surface area (Å²) < 4.78 is 18.7. The van der Waals surface area contributed by atoms with Gasteiger partial charge in [0.25, 0.3) is 5.91 Å². The summed E-state index contributed by atoms with van der Waals surface area (Å²) in [5, 5.41) is -0.175. The lowest BCUT2D eigenvalue weighted by atomic mass is 10.1. The van der Waals surface area contributed by atoms with Gasteiger partial charge >= 0.3 is 0 Å². The smallest absolute Gasteiger partial charge is 0.255 e. The van der Waals surface area contributed by atoms with Gasteiger partial charge in [0.05, 0.1) is 23.7 Å². The standard InChI is InChI=1S/C12H12ClFN2O2S/c13-10-7(2-1-3-8(10)14)12(17)16-4-5-18-9(6-16)11(15)19/h1-3,9H,4-6H2,(H2,15,19). The van der Waals surface area contributed by atoms with Crippen LogP contribution in [0.2, 0.25) is 5.02 Å². The summed E-state index contributed by atoms with van der Waals surface area (Å²) >= 11 is 10.6. The van der Waals surface area contributed by atoms with E-state index in [2.05, 4.69) is 0 Å². The average molecular weight is 303 g/mol. The number of morpholine rings is 1. The van der Waals surface area contributed by atoms with Crippen LogP contribution in [-0.2, 0) is 4.74 Å². The zero-order chi connectivity index (χ0) is 14.0. The Balaban J connectivity index is 2.19. The lowest BCUT2D eigenvalue weighted by Crippen LogP contribution is -2.50. The van der Waals surface area contributed by atoms with Crippen molar-refractivity contribution in [3.8, 4) is 0 Å². The second-order valence-electron chi connectivity index (χ2n) is 4.11. The Kier molecular flexibility index (Phi) is 4.34. The Bertz CT molecular complexity index is 526. The van der Waals surface area contributed by atoms with E-state index < -0.39 is 11.9 Å². The van der Waals surface area contributed by atoms with Gasteiger partial charge in [0.15, 0.2) is 0 Å². The second-order valence-corrected chi connectivity index (χ2v) is 4.96. The number of ether oxygens (including phenoxy) is 1. The van der Waals surface area contributed by atoms with Crippen LogP contribution in [0.1, 0.15) is 10.4 Å². The molecule has 0 radical (unpaired) electrons. The molecule has 1 atom stereocenters. The second kappa shape index (κ2) is 5.81. The highest BCUT2D eigenvalue weighted by Gasteiger charge is 2.28. The molecule has 7 heteroatoms. The summed E-state index contributed by atoms with van der Waals surface area (Å²) in [6, 6.07) is 4.13. The predicted molar refractivity (Wildman–Crippen MR) is 73.8 cm³/mol. The summed E-state index contributed by atoms with van der Waals surface area (Å²) in [5.41, 5.74) is 5.63. The van der Waals surface area contributed by atoms with Crippen molar-refractivity contribution in [2.24, 2.45) is 5.73 Å². The van der Waals surface area contributed by atoms with Gasteiger partial charge in [0.1, 0.15) is 16.9 Å². The Morgan fingerprint density at radius 2 is 2.32 bits per heavy atom. The highest BCUT2D eigenvalue weighted by Crippen LogP contribution is 2.22. The molecule has 1 aliphatic rings. The molecule has 102 valence electrons. The molecule has 0 bridgehead atoms. The number of amides is 1. The zero-order valence-corrected chi connectivity index (χ0v) is 11.5. The molecule has 0 aromatic heterocycles. The predicted octanol–water partition coefficient (Wildman–Crippen LogP) is 1.61. The molecule has 1 saturated heterocycles. The van der Waals surface area contributed by atoms with Crippen LogP contribution in [0.15, 0.2) is 18.2 Å². The summed E-state index contributed by atoms with van der Waals surface area (Å²) in [6.07, 6.45) is -0.472. The topological polar surface area (TPSA) is 55.6 Å². The number of rotatable bonds is 2. The van der Waals surface area contributed by atoms with Gasteiger partial charge < -0.3 is 15.4 Å². The van der Waals surface area contributed by atoms with E-state index in [9.17, 15) is 9.18 Å². The molecule has 19 heavy (non-hydrogen) atoms. The molecule has 2 N–H and O–H groups in total. The number of carbonyl (C=O) groups excluding carboxylic acids is 1. The lowest BCUT2D eigenvalue weighted by Gasteiger charge is -2.32. The van der Waals surface area contributed by atoms with Crippen molar-refractivity contribution >= 4 is 34.7 Å². The minimum atomic E-state index is -0.619. The highest BCUT2D eigenvalue weighted by atomic mass is 35.5. The number of benzene rings is 1. The third-order valence-electron chi connectivity index (χ3n) is 2.85. The van der Waals surface area contributed by atoms with E-state index in [1.54, 1.807) is 0 Å². The van der Waals surface area contributed by atoms with Crippen LogP contribution in [0, 0.1) is 5.82 Å². The summed E-state index contributed by atoms with van der Waals surface area (Å²) in [7, 11) is 0. The minimum Gasteiger partial charge on any atom is -0.391 e. The molecule has 1 aromatic carbocycles. The molecule has 0 spiro atoms. The molecule has 1 amide bonds. The van der Waals surface area contributed by atoms with E-state index in [0.29, 0.717) is 13.2 Å². The quantitative estimate of drug-likeness (QED) is 0.843. The van der Waals surface area contributed by atoms with E-state index in [0.717, 1.165) is 0 Å². The van der Waals surface area contributed by atoms with Gasteiger partial charge in [-0.1, -0.05) is 29.9 Å².